The predicted molar refractivity (Wildman–Crippen MR) is 134 cm³/mol. The van der Waals surface area contributed by atoms with Crippen molar-refractivity contribution in [1.82, 2.24) is 20.1 Å². The topological polar surface area (TPSA) is 118 Å². The van der Waals surface area contributed by atoms with Crippen LogP contribution in [0.25, 0.3) is 0 Å². The molecule has 0 spiro atoms. The fourth-order valence-corrected chi connectivity index (χ4v) is 4.93. The number of benzene rings is 1. The van der Waals surface area contributed by atoms with Crippen LogP contribution in [0.4, 0.5) is 0 Å². The van der Waals surface area contributed by atoms with Gasteiger partial charge in [-0.3, -0.25) is 19.4 Å². The van der Waals surface area contributed by atoms with Crippen LogP contribution in [-0.2, 0) is 32.1 Å². The van der Waals surface area contributed by atoms with Gasteiger partial charge in [0, 0.05) is 44.4 Å². The third-order valence-corrected chi connectivity index (χ3v) is 6.89. The fraction of sp³-hybridized carbons (Fsp3) is 0.481. The molecule has 0 saturated carbocycles. The number of piperazine rings is 1. The van der Waals surface area contributed by atoms with E-state index in [0.717, 1.165) is 11.3 Å². The zero-order valence-electron chi connectivity index (χ0n) is 21.0. The van der Waals surface area contributed by atoms with E-state index in [0.29, 0.717) is 45.5 Å². The lowest BCUT2D eigenvalue weighted by Gasteiger charge is -2.47. The first-order valence-corrected chi connectivity index (χ1v) is 12.4. The largest absolute Gasteiger partial charge is 0.374 e. The molecule has 0 bridgehead atoms. The van der Waals surface area contributed by atoms with Crippen molar-refractivity contribution in [1.29, 1.82) is 0 Å². The Morgan fingerprint density at radius 3 is 2.61 bits per heavy atom. The first-order chi connectivity index (χ1) is 17.2. The van der Waals surface area contributed by atoms with Crippen LogP contribution in [0.5, 0.6) is 0 Å². The second kappa shape index (κ2) is 10.8. The number of fused-ring (bicyclic) bond motifs is 1. The molecule has 2 aliphatic rings. The van der Waals surface area contributed by atoms with Crippen LogP contribution in [-0.4, -0.2) is 75.9 Å². The highest BCUT2D eigenvalue weighted by molar-refractivity contribution is 5.92. The van der Waals surface area contributed by atoms with Gasteiger partial charge in [-0.2, -0.15) is 0 Å². The van der Waals surface area contributed by atoms with Gasteiger partial charge in [0.15, 0.2) is 0 Å². The van der Waals surface area contributed by atoms with E-state index in [4.69, 9.17) is 10.5 Å². The van der Waals surface area contributed by atoms with Crippen molar-refractivity contribution in [2.24, 2.45) is 5.73 Å². The molecule has 1 aromatic heterocycles. The van der Waals surface area contributed by atoms with E-state index < -0.39 is 23.0 Å². The summed E-state index contributed by atoms with van der Waals surface area (Å²) in [5.41, 5.74) is 6.19. The molecule has 36 heavy (non-hydrogen) atoms. The van der Waals surface area contributed by atoms with E-state index in [1.807, 2.05) is 53.4 Å². The van der Waals surface area contributed by atoms with Gasteiger partial charge in [0.2, 0.25) is 17.7 Å². The molecule has 4 rings (SSSR count). The van der Waals surface area contributed by atoms with Crippen molar-refractivity contribution < 1.29 is 19.1 Å². The first-order valence-electron chi connectivity index (χ1n) is 12.4. The molecule has 2 atom stereocenters. The molecule has 0 aliphatic carbocycles. The molecule has 9 nitrogen and oxygen atoms in total. The van der Waals surface area contributed by atoms with E-state index in [-0.39, 0.29) is 18.4 Å². The van der Waals surface area contributed by atoms with Crippen LogP contribution >= 0.6 is 0 Å². The number of carbonyl (C=O) groups excluding carboxylic acids is 3. The minimum Gasteiger partial charge on any atom is -0.374 e. The second-order valence-corrected chi connectivity index (χ2v) is 10.3. The number of rotatable bonds is 9. The van der Waals surface area contributed by atoms with Crippen LogP contribution in [0.3, 0.4) is 0 Å². The van der Waals surface area contributed by atoms with Crippen LogP contribution < -0.4 is 11.1 Å². The Labute approximate surface area is 212 Å². The number of ether oxygens (including phenoxy) is 1. The van der Waals surface area contributed by atoms with Crippen LogP contribution in [0.15, 0.2) is 54.7 Å². The predicted octanol–water partition coefficient (Wildman–Crippen LogP) is 1.27. The number of aromatic nitrogens is 1. The third kappa shape index (κ3) is 5.91. The highest BCUT2D eigenvalue weighted by Crippen LogP contribution is 2.36. The smallest absolute Gasteiger partial charge is 0.247 e. The van der Waals surface area contributed by atoms with Gasteiger partial charge in [0.05, 0.1) is 24.3 Å². The molecule has 2 fully saturated rings. The molecule has 9 heteroatoms. The Morgan fingerprint density at radius 2 is 1.92 bits per heavy atom. The van der Waals surface area contributed by atoms with E-state index in [9.17, 15) is 14.4 Å². The number of amides is 3. The van der Waals surface area contributed by atoms with Crippen molar-refractivity contribution in [2.45, 2.75) is 56.8 Å². The normalized spacial score (nSPS) is 20.7. The maximum Gasteiger partial charge on any atom is 0.247 e. The van der Waals surface area contributed by atoms with E-state index in [2.05, 4.69) is 10.3 Å². The molecule has 0 radical (unpaired) electrons. The minimum absolute atomic E-state index is 0.0158. The quantitative estimate of drug-likeness (QED) is 0.543. The number of nitrogens with one attached hydrogen (secondary N) is 1. The molecule has 2 aliphatic heterocycles. The van der Waals surface area contributed by atoms with Crippen molar-refractivity contribution >= 4 is 17.7 Å². The summed E-state index contributed by atoms with van der Waals surface area (Å²) < 4.78 is 5.85. The van der Waals surface area contributed by atoms with E-state index >= 15 is 0 Å². The zero-order chi connectivity index (χ0) is 25.8. The van der Waals surface area contributed by atoms with Gasteiger partial charge in [-0.05, 0) is 38.0 Å². The summed E-state index contributed by atoms with van der Waals surface area (Å²) in [5, 5.41) is 2.80. The average Bonchev–Trinajstić information content (AvgIpc) is 3.18. The van der Waals surface area contributed by atoms with Crippen LogP contribution in [0.2, 0.25) is 0 Å². The summed E-state index contributed by atoms with van der Waals surface area (Å²) in [6.07, 6.45) is 3.42. The number of pyridine rings is 1. The van der Waals surface area contributed by atoms with Gasteiger partial charge in [-0.25, -0.2) is 0 Å². The van der Waals surface area contributed by atoms with Crippen molar-refractivity contribution in [3.63, 3.8) is 0 Å². The minimum atomic E-state index is -1.14. The molecule has 2 saturated heterocycles. The summed E-state index contributed by atoms with van der Waals surface area (Å²) in [7, 11) is 0. The molecular weight excluding hydrogens is 458 g/mol. The highest BCUT2D eigenvalue weighted by Gasteiger charge is 2.50. The highest BCUT2D eigenvalue weighted by atomic mass is 16.5. The summed E-state index contributed by atoms with van der Waals surface area (Å²) in [6, 6.07) is 14.5. The average molecular weight is 494 g/mol. The Morgan fingerprint density at radius 1 is 1.17 bits per heavy atom. The summed E-state index contributed by atoms with van der Waals surface area (Å²) >= 11 is 0. The maximum atomic E-state index is 13.7. The van der Waals surface area contributed by atoms with Crippen LogP contribution in [0.1, 0.15) is 37.9 Å². The number of hydrogen-bond donors (Lipinski definition) is 2. The Balaban J connectivity index is 1.50. The van der Waals surface area contributed by atoms with E-state index in [1.54, 1.807) is 24.9 Å². The monoisotopic (exact) mass is 493 g/mol. The lowest BCUT2D eigenvalue weighted by atomic mass is 9.87. The Bertz CT molecular complexity index is 1070. The van der Waals surface area contributed by atoms with Crippen molar-refractivity contribution in [2.75, 3.05) is 26.2 Å². The summed E-state index contributed by atoms with van der Waals surface area (Å²) in [6.45, 7) is 4.75. The maximum absolute atomic E-state index is 13.7. The van der Waals surface area contributed by atoms with Gasteiger partial charge in [0.25, 0.3) is 0 Å². The number of nitrogens with zero attached hydrogens (tertiary/aromatic N) is 3. The SMILES string of the molecule is CC(C)(N)C(=O)N[C@H](COCc1ccccc1)C(=O)N1CCN2C(=O)CCC2(Cc2ccccn2)C1. The molecule has 1 aromatic carbocycles. The lowest BCUT2D eigenvalue weighted by molar-refractivity contribution is -0.147. The van der Waals surface area contributed by atoms with Gasteiger partial charge in [-0.1, -0.05) is 36.4 Å². The summed E-state index contributed by atoms with van der Waals surface area (Å²) in [5.74, 6) is -0.555. The first kappa shape index (κ1) is 25.8. The van der Waals surface area contributed by atoms with Crippen molar-refractivity contribution in [3.05, 3.63) is 66.0 Å². The molecule has 192 valence electrons. The molecule has 2 aromatic rings. The van der Waals surface area contributed by atoms with Gasteiger partial charge in [0.1, 0.15) is 6.04 Å². The second-order valence-electron chi connectivity index (χ2n) is 10.3. The number of carbonyl (C=O) groups is 3. The molecule has 3 amide bonds. The molecule has 1 unspecified atom stereocenters. The van der Waals surface area contributed by atoms with Crippen molar-refractivity contribution in [3.8, 4) is 0 Å². The van der Waals surface area contributed by atoms with Crippen LogP contribution in [0, 0.1) is 0 Å². The third-order valence-electron chi connectivity index (χ3n) is 6.89. The summed E-state index contributed by atoms with van der Waals surface area (Å²) in [4.78, 5) is 47.2. The van der Waals surface area contributed by atoms with E-state index in [1.165, 1.54) is 0 Å². The lowest BCUT2D eigenvalue weighted by Crippen LogP contribution is -2.65. The van der Waals surface area contributed by atoms with Gasteiger partial charge >= 0.3 is 0 Å². The molecule has 3 heterocycles. The zero-order valence-corrected chi connectivity index (χ0v) is 21.0. The standard InChI is InChI=1S/C27H35N5O4/c1-26(2,28)25(35)30-22(18-36-17-20-8-4-3-5-9-20)24(34)31-14-15-32-23(33)11-12-27(32,19-31)16-21-10-6-7-13-29-21/h3-10,13,22H,11-12,14-19,28H2,1-2H3,(H,30,35)/t22-,27?/m1/s1. The van der Waals surface area contributed by atoms with Gasteiger partial charge < -0.3 is 25.6 Å². The Hall–Kier alpha value is -3.30. The Kier molecular flexibility index (Phi) is 7.70. The molecule has 3 N–H and O–H groups in total. The fourth-order valence-electron chi connectivity index (χ4n) is 4.93. The molecular formula is C27H35N5O4. The number of nitrogens with two attached hydrogens (primary N) is 1. The number of hydrogen-bond acceptors (Lipinski definition) is 6. The van der Waals surface area contributed by atoms with Gasteiger partial charge in [-0.15, -0.1) is 0 Å².